The largest absolute Gasteiger partial charge is 0.383 e. The van der Waals surface area contributed by atoms with Gasteiger partial charge in [0.1, 0.15) is 5.82 Å². The van der Waals surface area contributed by atoms with Crippen LogP contribution in [0.1, 0.15) is 37.3 Å². The van der Waals surface area contributed by atoms with Crippen molar-refractivity contribution in [1.29, 1.82) is 0 Å². The summed E-state index contributed by atoms with van der Waals surface area (Å²) in [7, 11) is 0. The summed E-state index contributed by atoms with van der Waals surface area (Å²) in [5.74, 6) is 1.18. The van der Waals surface area contributed by atoms with Gasteiger partial charge in [0.25, 0.3) is 0 Å². The highest BCUT2D eigenvalue weighted by Crippen LogP contribution is 2.30. The number of hydrogen-bond donors (Lipinski definition) is 1. The SMILES string of the molecule is C=Cc1cc(-c2ccc(C3CCN(C(C)C)C3)cc2)cnc1N. The van der Waals surface area contributed by atoms with Crippen LogP contribution in [0.4, 0.5) is 5.82 Å². The summed E-state index contributed by atoms with van der Waals surface area (Å²) in [4.78, 5) is 6.81. The number of rotatable bonds is 4. The Labute approximate surface area is 138 Å². The standard InChI is InChI=1S/C20H25N3/c1-4-15-11-19(12-22-20(15)21)17-7-5-16(6-8-17)18-9-10-23(13-18)14(2)3/h4-8,11-12,14,18H,1,9-10,13H2,2-3H3,(H2,21,22). The first-order chi connectivity index (χ1) is 11.1. The van der Waals surface area contributed by atoms with Crippen molar-refractivity contribution in [1.82, 2.24) is 9.88 Å². The molecule has 3 heteroatoms. The second-order valence-corrected chi connectivity index (χ2v) is 6.60. The molecule has 0 aliphatic carbocycles. The van der Waals surface area contributed by atoms with E-state index in [4.69, 9.17) is 5.73 Å². The number of nitrogens with zero attached hydrogens (tertiary/aromatic N) is 2. The van der Waals surface area contributed by atoms with Crippen molar-refractivity contribution in [2.24, 2.45) is 0 Å². The number of aromatic nitrogens is 1. The number of benzene rings is 1. The lowest BCUT2D eigenvalue weighted by atomic mass is 9.95. The van der Waals surface area contributed by atoms with Gasteiger partial charge in [0.2, 0.25) is 0 Å². The number of nitrogens with two attached hydrogens (primary N) is 1. The molecule has 2 N–H and O–H groups in total. The molecule has 1 fully saturated rings. The molecule has 3 rings (SSSR count). The van der Waals surface area contributed by atoms with Crippen LogP contribution in [0.15, 0.2) is 43.1 Å². The molecular formula is C20H25N3. The van der Waals surface area contributed by atoms with Gasteiger partial charge in [0.15, 0.2) is 0 Å². The zero-order valence-electron chi connectivity index (χ0n) is 14.0. The minimum atomic E-state index is 0.528. The predicted molar refractivity (Wildman–Crippen MR) is 98.2 cm³/mol. The van der Waals surface area contributed by atoms with E-state index in [1.54, 1.807) is 6.08 Å². The van der Waals surface area contributed by atoms with Crippen LogP contribution < -0.4 is 5.73 Å². The molecule has 1 aromatic carbocycles. The molecule has 2 heterocycles. The van der Waals surface area contributed by atoms with Crippen molar-refractivity contribution >= 4 is 11.9 Å². The van der Waals surface area contributed by atoms with Crippen molar-refractivity contribution in [2.75, 3.05) is 18.8 Å². The molecule has 0 spiro atoms. The summed E-state index contributed by atoms with van der Waals surface area (Å²) in [5.41, 5.74) is 10.4. The number of nitrogen functional groups attached to an aromatic ring is 1. The maximum atomic E-state index is 5.84. The number of likely N-dealkylation sites (tertiary alicyclic amines) is 1. The summed E-state index contributed by atoms with van der Waals surface area (Å²) in [6.45, 7) is 10.7. The molecule has 23 heavy (non-hydrogen) atoms. The smallest absolute Gasteiger partial charge is 0.130 e. The van der Waals surface area contributed by atoms with E-state index in [9.17, 15) is 0 Å². The van der Waals surface area contributed by atoms with E-state index in [2.05, 4.69) is 54.6 Å². The van der Waals surface area contributed by atoms with Crippen molar-refractivity contribution in [2.45, 2.75) is 32.2 Å². The molecule has 0 saturated carbocycles. The second kappa shape index (κ2) is 6.55. The summed E-state index contributed by atoms with van der Waals surface area (Å²) in [5, 5.41) is 0. The summed E-state index contributed by atoms with van der Waals surface area (Å²) in [6, 6.07) is 11.6. The summed E-state index contributed by atoms with van der Waals surface area (Å²) in [6.07, 6.45) is 4.83. The van der Waals surface area contributed by atoms with Crippen LogP contribution in [-0.4, -0.2) is 29.0 Å². The molecule has 0 radical (unpaired) electrons. The van der Waals surface area contributed by atoms with Gasteiger partial charge in [0, 0.05) is 29.9 Å². The van der Waals surface area contributed by atoms with Gasteiger partial charge in [-0.15, -0.1) is 0 Å². The zero-order chi connectivity index (χ0) is 16.4. The third kappa shape index (κ3) is 3.30. The molecule has 120 valence electrons. The zero-order valence-corrected chi connectivity index (χ0v) is 14.0. The van der Waals surface area contributed by atoms with Crippen LogP contribution >= 0.6 is 0 Å². The average Bonchev–Trinajstić information content (AvgIpc) is 3.06. The van der Waals surface area contributed by atoms with E-state index >= 15 is 0 Å². The first-order valence-electron chi connectivity index (χ1n) is 8.31. The molecule has 1 atom stereocenters. The Balaban J connectivity index is 1.79. The fraction of sp³-hybridized carbons (Fsp3) is 0.350. The second-order valence-electron chi connectivity index (χ2n) is 6.60. The van der Waals surface area contributed by atoms with Crippen LogP contribution in [0.5, 0.6) is 0 Å². The van der Waals surface area contributed by atoms with Gasteiger partial charge in [0.05, 0.1) is 0 Å². The first kappa shape index (κ1) is 15.8. The van der Waals surface area contributed by atoms with Crippen LogP contribution in [0.2, 0.25) is 0 Å². The van der Waals surface area contributed by atoms with E-state index in [1.165, 1.54) is 30.6 Å². The van der Waals surface area contributed by atoms with Gasteiger partial charge in [-0.1, -0.05) is 36.9 Å². The lowest BCUT2D eigenvalue weighted by molar-refractivity contribution is 0.272. The van der Waals surface area contributed by atoms with E-state index in [0.717, 1.165) is 11.1 Å². The van der Waals surface area contributed by atoms with E-state index in [1.807, 2.05) is 12.3 Å². The maximum Gasteiger partial charge on any atom is 0.130 e. The average molecular weight is 307 g/mol. The number of anilines is 1. The number of hydrogen-bond acceptors (Lipinski definition) is 3. The van der Waals surface area contributed by atoms with E-state index in [0.29, 0.717) is 17.8 Å². The molecular weight excluding hydrogens is 282 g/mol. The van der Waals surface area contributed by atoms with Gasteiger partial charge >= 0.3 is 0 Å². The lowest BCUT2D eigenvalue weighted by Crippen LogP contribution is -2.27. The van der Waals surface area contributed by atoms with Gasteiger partial charge in [-0.2, -0.15) is 0 Å². The highest BCUT2D eigenvalue weighted by Gasteiger charge is 2.25. The monoisotopic (exact) mass is 307 g/mol. The van der Waals surface area contributed by atoms with E-state index < -0.39 is 0 Å². The Kier molecular flexibility index (Phi) is 4.49. The fourth-order valence-electron chi connectivity index (χ4n) is 3.29. The maximum absolute atomic E-state index is 5.84. The van der Waals surface area contributed by atoms with Crippen LogP contribution in [0.3, 0.4) is 0 Å². The van der Waals surface area contributed by atoms with Crippen molar-refractivity contribution < 1.29 is 0 Å². The Hall–Kier alpha value is -2.13. The molecule has 0 bridgehead atoms. The first-order valence-corrected chi connectivity index (χ1v) is 8.31. The van der Waals surface area contributed by atoms with Gasteiger partial charge < -0.3 is 10.6 Å². The molecule has 1 aliphatic rings. The van der Waals surface area contributed by atoms with Crippen LogP contribution in [-0.2, 0) is 0 Å². The topological polar surface area (TPSA) is 42.2 Å². The minimum absolute atomic E-state index is 0.528. The molecule has 0 amide bonds. The Morgan fingerprint density at radius 2 is 2.00 bits per heavy atom. The molecule has 1 aromatic heterocycles. The Bertz CT molecular complexity index is 689. The van der Waals surface area contributed by atoms with Crippen LogP contribution in [0, 0.1) is 0 Å². The van der Waals surface area contributed by atoms with Crippen LogP contribution in [0.25, 0.3) is 17.2 Å². The van der Waals surface area contributed by atoms with Gasteiger partial charge in [-0.3, -0.25) is 0 Å². The number of pyridine rings is 1. The third-order valence-corrected chi connectivity index (χ3v) is 4.83. The molecule has 1 saturated heterocycles. The van der Waals surface area contributed by atoms with Gasteiger partial charge in [-0.05, 0) is 49.9 Å². The fourth-order valence-corrected chi connectivity index (χ4v) is 3.29. The van der Waals surface area contributed by atoms with Gasteiger partial charge in [-0.25, -0.2) is 4.98 Å². The Morgan fingerprint density at radius 3 is 2.61 bits per heavy atom. The minimum Gasteiger partial charge on any atom is -0.383 e. The summed E-state index contributed by atoms with van der Waals surface area (Å²) < 4.78 is 0. The molecule has 1 unspecified atom stereocenters. The quantitative estimate of drug-likeness (QED) is 0.921. The van der Waals surface area contributed by atoms with Crippen molar-refractivity contribution in [3.63, 3.8) is 0 Å². The molecule has 2 aromatic rings. The van der Waals surface area contributed by atoms with E-state index in [-0.39, 0.29) is 0 Å². The normalized spacial score (nSPS) is 18.5. The highest BCUT2D eigenvalue weighted by molar-refractivity contribution is 5.70. The Morgan fingerprint density at radius 1 is 1.26 bits per heavy atom. The highest BCUT2D eigenvalue weighted by atomic mass is 15.2. The molecule has 1 aliphatic heterocycles. The van der Waals surface area contributed by atoms with Crippen molar-refractivity contribution in [3.05, 3.63) is 54.2 Å². The third-order valence-electron chi connectivity index (χ3n) is 4.83. The predicted octanol–water partition coefficient (Wildman–Crippen LogP) is 4.17. The molecule has 3 nitrogen and oxygen atoms in total. The summed E-state index contributed by atoms with van der Waals surface area (Å²) >= 11 is 0. The lowest BCUT2D eigenvalue weighted by Gasteiger charge is -2.20. The van der Waals surface area contributed by atoms with Crippen molar-refractivity contribution in [3.8, 4) is 11.1 Å².